The van der Waals surface area contributed by atoms with Crippen molar-refractivity contribution in [1.82, 2.24) is 14.7 Å². The summed E-state index contributed by atoms with van der Waals surface area (Å²) in [5.41, 5.74) is 0.667. The lowest BCUT2D eigenvalue weighted by Gasteiger charge is -2.36. The van der Waals surface area contributed by atoms with Crippen molar-refractivity contribution in [3.05, 3.63) is 41.2 Å². The lowest BCUT2D eigenvalue weighted by molar-refractivity contribution is -0.148. The maximum Gasteiger partial charge on any atom is 0.302 e. The third-order valence-electron chi connectivity index (χ3n) is 7.93. The molecule has 0 aromatic heterocycles. The van der Waals surface area contributed by atoms with Gasteiger partial charge in [-0.15, -0.1) is 0 Å². The van der Waals surface area contributed by atoms with Crippen LogP contribution in [-0.2, 0) is 19.8 Å². The number of rotatable bonds is 6. The molecule has 4 atom stereocenters. The normalized spacial score (nSPS) is 26.8. The minimum Gasteiger partial charge on any atom is -0.332 e. The molecule has 1 spiro atoms. The SMILES string of the molecule is [C-]#[N+][C@@H]1C[C@@]2(CN1C(=O)[C@H](CC(C)C)N(C)C(=O)[C@@H]1CCCN1C(C)C)C(=O)Nc1ccccc12. The molecule has 2 fully saturated rings. The summed E-state index contributed by atoms with van der Waals surface area (Å²) in [5.74, 6) is -0.250. The fraction of sp³-hybridized carbons (Fsp3) is 0.630. The second kappa shape index (κ2) is 9.62. The van der Waals surface area contributed by atoms with Crippen LogP contribution >= 0.6 is 0 Å². The molecule has 1 aromatic carbocycles. The van der Waals surface area contributed by atoms with Crippen LogP contribution < -0.4 is 5.32 Å². The van der Waals surface area contributed by atoms with E-state index < -0.39 is 17.6 Å². The quantitative estimate of drug-likeness (QED) is 0.636. The highest BCUT2D eigenvalue weighted by Crippen LogP contribution is 2.47. The Kier molecular flexibility index (Phi) is 6.92. The van der Waals surface area contributed by atoms with Gasteiger partial charge in [0.05, 0.1) is 12.5 Å². The number of nitrogens with zero attached hydrogens (tertiary/aromatic N) is 4. The molecule has 3 amide bonds. The minimum absolute atomic E-state index is 0.0348. The predicted octanol–water partition coefficient (Wildman–Crippen LogP) is 3.10. The van der Waals surface area contributed by atoms with Crippen molar-refractivity contribution in [3.63, 3.8) is 0 Å². The van der Waals surface area contributed by atoms with Crippen LogP contribution in [0.2, 0.25) is 0 Å². The number of amides is 3. The summed E-state index contributed by atoms with van der Waals surface area (Å²) in [4.78, 5) is 49.9. The molecule has 0 unspecified atom stereocenters. The Labute approximate surface area is 208 Å². The van der Waals surface area contributed by atoms with Crippen molar-refractivity contribution in [1.29, 1.82) is 0 Å². The van der Waals surface area contributed by atoms with Gasteiger partial charge >= 0.3 is 6.17 Å². The van der Waals surface area contributed by atoms with Crippen LogP contribution in [0.4, 0.5) is 5.69 Å². The number of para-hydroxylation sites is 1. The van der Waals surface area contributed by atoms with Gasteiger partial charge in [-0.3, -0.25) is 29.0 Å². The molecule has 0 radical (unpaired) electrons. The first-order chi connectivity index (χ1) is 16.6. The Hall–Kier alpha value is -2.92. The minimum atomic E-state index is -0.924. The Bertz CT molecular complexity index is 1050. The molecule has 0 aliphatic carbocycles. The number of hydrogen-bond donors (Lipinski definition) is 1. The van der Waals surface area contributed by atoms with Gasteiger partial charge in [0.2, 0.25) is 11.8 Å². The van der Waals surface area contributed by atoms with E-state index in [-0.39, 0.29) is 48.7 Å². The molecule has 1 aromatic rings. The Balaban J connectivity index is 1.62. The van der Waals surface area contributed by atoms with Gasteiger partial charge in [0, 0.05) is 25.3 Å². The highest BCUT2D eigenvalue weighted by molar-refractivity contribution is 6.07. The lowest BCUT2D eigenvalue weighted by Crippen LogP contribution is -2.55. The van der Waals surface area contributed by atoms with Crippen molar-refractivity contribution in [2.75, 3.05) is 25.5 Å². The molecule has 2 saturated heterocycles. The molecule has 188 valence electrons. The number of likely N-dealkylation sites (tertiary alicyclic amines) is 2. The highest BCUT2D eigenvalue weighted by atomic mass is 16.2. The van der Waals surface area contributed by atoms with Crippen molar-refractivity contribution in [3.8, 4) is 0 Å². The van der Waals surface area contributed by atoms with Gasteiger partial charge in [0.1, 0.15) is 11.5 Å². The molecular formula is C27H37N5O3. The molecule has 0 saturated carbocycles. The summed E-state index contributed by atoms with van der Waals surface area (Å²) >= 11 is 0. The molecule has 3 aliphatic heterocycles. The Morgan fingerprint density at radius 1 is 1.26 bits per heavy atom. The zero-order chi connectivity index (χ0) is 25.5. The van der Waals surface area contributed by atoms with E-state index in [4.69, 9.17) is 6.57 Å². The van der Waals surface area contributed by atoms with E-state index in [1.54, 1.807) is 16.8 Å². The van der Waals surface area contributed by atoms with Crippen LogP contribution in [0.15, 0.2) is 24.3 Å². The zero-order valence-corrected chi connectivity index (χ0v) is 21.5. The van der Waals surface area contributed by atoms with Crippen LogP contribution in [0.5, 0.6) is 0 Å². The first kappa shape index (κ1) is 25.2. The van der Waals surface area contributed by atoms with Crippen LogP contribution in [0.3, 0.4) is 0 Å². The largest absolute Gasteiger partial charge is 0.332 e. The third-order valence-corrected chi connectivity index (χ3v) is 7.93. The number of anilines is 1. The van der Waals surface area contributed by atoms with Crippen LogP contribution in [0.25, 0.3) is 4.85 Å². The van der Waals surface area contributed by atoms with Gasteiger partial charge in [-0.05, 0) is 57.2 Å². The fourth-order valence-electron chi connectivity index (χ4n) is 6.08. The number of benzene rings is 1. The van der Waals surface area contributed by atoms with Crippen LogP contribution in [0, 0.1) is 12.5 Å². The van der Waals surface area contributed by atoms with Gasteiger partial charge in [-0.1, -0.05) is 32.0 Å². The molecule has 0 bridgehead atoms. The first-order valence-corrected chi connectivity index (χ1v) is 12.7. The van der Waals surface area contributed by atoms with E-state index in [2.05, 4.69) is 28.9 Å². The lowest BCUT2D eigenvalue weighted by atomic mass is 9.80. The van der Waals surface area contributed by atoms with Crippen molar-refractivity contribution >= 4 is 23.4 Å². The van der Waals surface area contributed by atoms with Gasteiger partial charge < -0.3 is 10.2 Å². The van der Waals surface area contributed by atoms with Gasteiger partial charge in [0.15, 0.2) is 0 Å². The average Bonchev–Trinajstić information content (AvgIpc) is 3.53. The number of fused-ring (bicyclic) bond motifs is 2. The Morgan fingerprint density at radius 2 is 1.97 bits per heavy atom. The number of likely N-dealkylation sites (N-methyl/N-ethyl adjacent to an activating group) is 1. The average molecular weight is 480 g/mol. The van der Waals surface area contributed by atoms with Gasteiger partial charge in [-0.2, -0.15) is 0 Å². The predicted molar refractivity (Wildman–Crippen MR) is 134 cm³/mol. The summed E-state index contributed by atoms with van der Waals surface area (Å²) < 4.78 is 0. The highest BCUT2D eigenvalue weighted by Gasteiger charge is 2.59. The molecule has 3 heterocycles. The molecule has 8 nitrogen and oxygen atoms in total. The summed E-state index contributed by atoms with van der Waals surface area (Å²) in [7, 11) is 1.72. The van der Waals surface area contributed by atoms with E-state index >= 15 is 0 Å². The number of carbonyl (C=O) groups excluding carboxylic acids is 3. The van der Waals surface area contributed by atoms with Gasteiger partial charge in [0.25, 0.3) is 5.91 Å². The smallest absolute Gasteiger partial charge is 0.302 e. The van der Waals surface area contributed by atoms with E-state index in [0.717, 1.165) is 30.6 Å². The van der Waals surface area contributed by atoms with Crippen LogP contribution in [0.1, 0.15) is 58.9 Å². The fourth-order valence-corrected chi connectivity index (χ4v) is 6.08. The molecule has 3 aliphatic rings. The molecule has 1 N–H and O–H groups in total. The number of carbonyl (C=O) groups is 3. The summed E-state index contributed by atoms with van der Waals surface area (Å²) in [6.07, 6.45) is 1.79. The second-order valence-electron chi connectivity index (χ2n) is 10.9. The van der Waals surface area contributed by atoms with Crippen molar-refractivity contribution in [2.24, 2.45) is 5.92 Å². The summed E-state index contributed by atoms with van der Waals surface area (Å²) in [5, 5.41) is 2.94. The standard InChI is InChI=1S/C27H37N5O3/c1-17(2)14-22(30(6)24(33)21-12-9-13-31(21)18(3)4)25(34)32-16-27(15-23(32)28-5)19-10-7-8-11-20(19)29-26(27)35/h7-8,10-11,17-18,21-23H,9,12-16H2,1-4,6H3,(H,29,35)/t21-,22-,23-,27-/m0/s1. The van der Waals surface area contributed by atoms with Crippen molar-refractivity contribution < 1.29 is 14.4 Å². The topological polar surface area (TPSA) is 77.3 Å². The maximum absolute atomic E-state index is 14.0. The Morgan fingerprint density at radius 3 is 2.63 bits per heavy atom. The zero-order valence-electron chi connectivity index (χ0n) is 21.5. The molecule has 4 rings (SSSR count). The molecule has 8 heteroatoms. The summed E-state index contributed by atoms with van der Waals surface area (Å²) in [6, 6.07) is 6.87. The molecular weight excluding hydrogens is 442 g/mol. The monoisotopic (exact) mass is 479 g/mol. The maximum atomic E-state index is 14.0. The third kappa shape index (κ3) is 4.31. The molecule has 35 heavy (non-hydrogen) atoms. The number of hydrogen-bond acceptors (Lipinski definition) is 4. The van der Waals surface area contributed by atoms with Crippen LogP contribution in [-0.4, -0.2) is 76.8 Å². The van der Waals surface area contributed by atoms with Crippen molar-refractivity contribution in [2.45, 2.75) is 83.1 Å². The van der Waals surface area contributed by atoms with E-state index in [0.29, 0.717) is 6.42 Å². The van der Waals surface area contributed by atoms with Gasteiger partial charge in [-0.25, -0.2) is 6.57 Å². The number of nitrogens with one attached hydrogen (secondary N) is 1. The first-order valence-electron chi connectivity index (χ1n) is 12.7. The second-order valence-corrected chi connectivity index (χ2v) is 10.9. The summed E-state index contributed by atoms with van der Waals surface area (Å²) in [6.45, 7) is 17.1. The van der Waals surface area contributed by atoms with E-state index in [1.807, 2.05) is 38.1 Å². The van der Waals surface area contributed by atoms with E-state index in [1.165, 1.54) is 0 Å². The van der Waals surface area contributed by atoms with E-state index in [9.17, 15) is 14.4 Å².